The summed E-state index contributed by atoms with van der Waals surface area (Å²) in [5, 5.41) is -0.597. The molecule has 1 amide bonds. The number of hydrogen-bond donors (Lipinski definition) is 1. The predicted molar refractivity (Wildman–Crippen MR) is 122 cm³/mol. The quantitative estimate of drug-likeness (QED) is 0.381. The number of sulfone groups is 1. The molecule has 2 N–H and O–H groups in total. The molecular formula is C21H17ClF4N6O3S. The van der Waals surface area contributed by atoms with Gasteiger partial charge < -0.3 is 14.9 Å². The Hall–Kier alpha value is -3.52. The lowest BCUT2D eigenvalue weighted by molar-refractivity contribution is -0.141. The van der Waals surface area contributed by atoms with Crippen molar-refractivity contribution in [3.63, 3.8) is 0 Å². The second kappa shape index (κ2) is 8.55. The molecule has 0 radical (unpaired) electrons. The third kappa shape index (κ3) is 4.09. The number of carbonyl (C=O) groups excluding carboxylic acids is 1. The lowest BCUT2D eigenvalue weighted by Crippen LogP contribution is -2.13. The van der Waals surface area contributed by atoms with Crippen molar-refractivity contribution in [2.24, 2.45) is 19.8 Å². The van der Waals surface area contributed by atoms with Gasteiger partial charge in [-0.3, -0.25) is 4.79 Å². The highest BCUT2D eigenvalue weighted by molar-refractivity contribution is 7.91. The molecule has 0 spiro atoms. The number of imidazole rings is 2. The van der Waals surface area contributed by atoms with Crippen LogP contribution in [0, 0.1) is 5.82 Å². The number of nitrogens with two attached hydrogens (primary N) is 1. The van der Waals surface area contributed by atoms with Crippen LogP contribution in [0.5, 0.6) is 0 Å². The van der Waals surface area contributed by atoms with Crippen LogP contribution in [0.4, 0.5) is 17.6 Å². The van der Waals surface area contributed by atoms with Crippen molar-refractivity contribution in [1.82, 2.24) is 24.1 Å². The molecule has 0 aliphatic carbocycles. The van der Waals surface area contributed by atoms with Crippen molar-refractivity contribution in [2.75, 3.05) is 5.75 Å². The maximum Gasteiger partial charge on any atom is 0.433 e. The van der Waals surface area contributed by atoms with Gasteiger partial charge >= 0.3 is 6.18 Å². The van der Waals surface area contributed by atoms with E-state index in [2.05, 4.69) is 15.0 Å². The normalized spacial score (nSPS) is 12.4. The summed E-state index contributed by atoms with van der Waals surface area (Å²) in [4.78, 5) is 23.6. The minimum atomic E-state index is -4.72. The third-order valence-corrected chi connectivity index (χ3v) is 7.68. The minimum absolute atomic E-state index is 0.0931. The molecule has 0 aliphatic heterocycles. The highest BCUT2D eigenvalue weighted by Crippen LogP contribution is 2.36. The summed E-state index contributed by atoms with van der Waals surface area (Å²) < 4.78 is 82.8. The second-order valence-electron chi connectivity index (χ2n) is 7.78. The molecule has 36 heavy (non-hydrogen) atoms. The fourth-order valence-electron chi connectivity index (χ4n) is 3.73. The van der Waals surface area contributed by atoms with Crippen LogP contribution in [-0.4, -0.2) is 44.2 Å². The zero-order valence-electron chi connectivity index (χ0n) is 18.9. The smallest absolute Gasteiger partial charge is 0.366 e. The number of hydrogen-bond acceptors (Lipinski definition) is 6. The summed E-state index contributed by atoms with van der Waals surface area (Å²) in [6, 6.07) is 2.62. The molecule has 3 heterocycles. The molecule has 4 aromatic rings. The van der Waals surface area contributed by atoms with Crippen molar-refractivity contribution < 1.29 is 30.8 Å². The van der Waals surface area contributed by atoms with Crippen LogP contribution >= 0.6 is 11.6 Å². The fraction of sp³-hybridized carbons (Fsp3) is 0.238. The number of nitrogens with zero attached hydrogens (tertiary/aromatic N) is 5. The first-order valence-electron chi connectivity index (χ1n) is 10.2. The Morgan fingerprint density at radius 3 is 2.36 bits per heavy atom. The SMILES string of the molecule is CCS(=O)(=O)c1c(-c2nc3cc(C(F)(F)F)ncc3n2C)nc(-c2cc(C(N)=O)c(Cl)cc2F)n1C. The molecule has 0 atom stereocenters. The van der Waals surface area contributed by atoms with E-state index in [4.69, 9.17) is 17.3 Å². The van der Waals surface area contributed by atoms with Gasteiger partial charge in [-0.15, -0.1) is 0 Å². The Bertz CT molecular complexity index is 1660. The van der Waals surface area contributed by atoms with Crippen LogP contribution in [0.1, 0.15) is 23.0 Å². The molecule has 15 heteroatoms. The molecule has 1 aromatic carbocycles. The molecular weight excluding hydrogens is 528 g/mol. The van der Waals surface area contributed by atoms with Gasteiger partial charge in [0.15, 0.2) is 20.7 Å². The first-order valence-corrected chi connectivity index (χ1v) is 12.2. The van der Waals surface area contributed by atoms with Crippen LogP contribution in [0.15, 0.2) is 29.4 Å². The molecule has 0 saturated carbocycles. The number of pyridine rings is 1. The van der Waals surface area contributed by atoms with Crippen LogP contribution in [0.25, 0.3) is 33.9 Å². The van der Waals surface area contributed by atoms with Gasteiger partial charge in [0.25, 0.3) is 0 Å². The van der Waals surface area contributed by atoms with E-state index in [1.54, 1.807) is 0 Å². The van der Waals surface area contributed by atoms with Crippen molar-refractivity contribution in [3.05, 3.63) is 46.5 Å². The van der Waals surface area contributed by atoms with Crippen LogP contribution in [-0.2, 0) is 30.1 Å². The Labute approximate surface area is 206 Å². The Balaban J connectivity index is 2.05. The van der Waals surface area contributed by atoms with E-state index in [1.165, 1.54) is 25.6 Å². The monoisotopic (exact) mass is 544 g/mol. The van der Waals surface area contributed by atoms with Crippen molar-refractivity contribution in [1.29, 1.82) is 0 Å². The van der Waals surface area contributed by atoms with Crippen molar-refractivity contribution >= 4 is 38.4 Å². The molecule has 0 saturated heterocycles. The fourth-order valence-corrected chi connectivity index (χ4v) is 5.18. The summed E-state index contributed by atoms with van der Waals surface area (Å²) in [6.45, 7) is 1.38. The molecule has 0 bridgehead atoms. The average molecular weight is 545 g/mol. The van der Waals surface area contributed by atoms with Crippen LogP contribution < -0.4 is 5.73 Å². The molecule has 190 valence electrons. The summed E-state index contributed by atoms with van der Waals surface area (Å²) in [5.41, 5.74) is 3.49. The second-order valence-corrected chi connectivity index (χ2v) is 10.4. The van der Waals surface area contributed by atoms with Crippen LogP contribution in [0.2, 0.25) is 5.02 Å². The van der Waals surface area contributed by atoms with Gasteiger partial charge in [-0.25, -0.2) is 27.8 Å². The number of primary amides is 1. The van der Waals surface area contributed by atoms with E-state index in [0.717, 1.165) is 29.0 Å². The van der Waals surface area contributed by atoms with Gasteiger partial charge in [-0.05, 0) is 18.2 Å². The van der Waals surface area contributed by atoms with Crippen molar-refractivity contribution in [3.8, 4) is 22.9 Å². The maximum absolute atomic E-state index is 14.9. The molecule has 9 nitrogen and oxygen atoms in total. The number of aryl methyl sites for hydroxylation is 1. The average Bonchev–Trinajstić information content (AvgIpc) is 3.30. The van der Waals surface area contributed by atoms with Crippen LogP contribution in [0.3, 0.4) is 0 Å². The predicted octanol–water partition coefficient (Wildman–Crippen LogP) is 3.74. The number of alkyl halides is 3. The lowest BCUT2D eigenvalue weighted by atomic mass is 10.1. The van der Waals surface area contributed by atoms with E-state index in [-0.39, 0.29) is 55.3 Å². The van der Waals surface area contributed by atoms with Gasteiger partial charge in [0.2, 0.25) is 5.91 Å². The first-order chi connectivity index (χ1) is 16.7. The minimum Gasteiger partial charge on any atom is -0.366 e. The molecule has 0 aliphatic rings. The number of amides is 1. The van der Waals surface area contributed by atoms with Gasteiger partial charge in [-0.2, -0.15) is 13.2 Å². The first kappa shape index (κ1) is 25.6. The Morgan fingerprint density at radius 2 is 1.78 bits per heavy atom. The van der Waals surface area contributed by atoms with E-state index >= 15 is 0 Å². The van der Waals surface area contributed by atoms with Crippen molar-refractivity contribution in [2.45, 2.75) is 18.1 Å². The number of benzene rings is 1. The molecule has 3 aromatic heterocycles. The third-order valence-electron chi connectivity index (χ3n) is 5.55. The number of carbonyl (C=O) groups is 1. The number of fused-ring (bicyclic) bond motifs is 1. The number of aromatic nitrogens is 5. The summed E-state index contributed by atoms with van der Waals surface area (Å²) in [7, 11) is -1.25. The van der Waals surface area contributed by atoms with E-state index < -0.39 is 33.4 Å². The Morgan fingerprint density at radius 1 is 1.11 bits per heavy atom. The van der Waals surface area contributed by atoms with E-state index in [1.807, 2.05) is 0 Å². The van der Waals surface area contributed by atoms with Gasteiger partial charge in [0.1, 0.15) is 23.0 Å². The zero-order valence-corrected chi connectivity index (χ0v) is 20.4. The zero-order chi connectivity index (χ0) is 26.7. The highest BCUT2D eigenvalue weighted by Gasteiger charge is 2.34. The standard InChI is InChI=1S/C21H17ClF4N6O3S/c1-4-36(34,35)20-16(19-29-13-7-15(21(24,25)26)28-8-14(13)31(19)2)30-18(32(20)3)10-5-9(17(27)33)11(22)6-12(10)23/h5-8H,4H2,1-3H3,(H2,27,33). The van der Waals surface area contributed by atoms with Gasteiger partial charge in [-0.1, -0.05) is 18.5 Å². The van der Waals surface area contributed by atoms with E-state index in [0.29, 0.717) is 0 Å². The van der Waals surface area contributed by atoms with Gasteiger partial charge in [0, 0.05) is 14.1 Å². The number of rotatable bonds is 5. The Kier molecular flexibility index (Phi) is 6.07. The van der Waals surface area contributed by atoms with Gasteiger partial charge in [0.05, 0.1) is 39.1 Å². The molecule has 0 fully saturated rings. The summed E-state index contributed by atoms with van der Waals surface area (Å²) >= 11 is 5.90. The summed E-state index contributed by atoms with van der Waals surface area (Å²) in [6.07, 6.45) is -3.75. The number of halogens is 5. The molecule has 0 unspecified atom stereocenters. The van der Waals surface area contributed by atoms with E-state index in [9.17, 15) is 30.8 Å². The summed E-state index contributed by atoms with van der Waals surface area (Å²) in [5.74, 6) is -2.51. The maximum atomic E-state index is 14.9. The topological polar surface area (TPSA) is 126 Å². The molecule has 4 rings (SSSR count). The lowest BCUT2D eigenvalue weighted by Gasteiger charge is -2.09. The largest absolute Gasteiger partial charge is 0.433 e. The highest BCUT2D eigenvalue weighted by atomic mass is 35.5.